The van der Waals surface area contributed by atoms with Crippen LogP contribution >= 0.6 is 0 Å². The lowest BCUT2D eigenvalue weighted by Gasteiger charge is -2.08. The first-order chi connectivity index (χ1) is 9.51. The average Bonchev–Trinajstić information content (AvgIpc) is 2.88. The number of hydrogen-bond donors (Lipinski definition) is 1. The molecule has 6 nitrogen and oxygen atoms in total. The first-order valence-electron chi connectivity index (χ1n) is 6.49. The third-order valence-corrected chi connectivity index (χ3v) is 3.28. The van der Waals surface area contributed by atoms with Gasteiger partial charge < -0.3 is 9.67 Å². The quantitative estimate of drug-likeness (QED) is 0.902. The SMILES string of the molecule is CCC(C)n1ccc(Cn2ccc(C(=O)O)cc2=O)n1. The highest BCUT2D eigenvalue weighted by Crippen LogP contribution is 2.09. The summed E-state index contributed by atoms with van der Waals surface area (Å²) in [5.74, 6) is -1.10. The number of aromatic carboxylic acids is 1. The summed E-state index contributed by atoms with van der Waals surface area (Å²) in [6.45, 7) is 4.49. The van der Waals surface area contributed by atoms with Gasteiger partial charge in [0.25, 0.3) is 5.56 Å². The van der Waals surface area contributed by atoms with Crippen molar-refractivity contribution in [2.75, 3.05) is 0 Å². The Kier molecular flexibility index (Phi) is 4.02. The average molecular weight is 275 g/mol. The number of aromatic nitrogens is 3. The minimum absolute atomic E-state index is 0.00335. The van der Waals surface area contributed by atoms with Crippen LogP contribution in [0.3, 0.4) is 0 Å². The van der Waals surface area contributed by atoms with Crippen molar-refractivity contribution in [3.8, 4) is 0 Å². The summed E-state index contributed by atoms with van der Waals surface area (Å²) in [6.07, 6.45) is 4.35. The van der Waals surface area contributed by atoms with Crippen molar-refractivity contribution >= 4 is 5.97 Å². The summed E-state index contributed by atoms with van der Waals surface area (Å²) < 4.78 is 3.31. The predicted octanol–water partition coefficient (Wildman–Crippen LogP) is 1.76. The summed E-state index contributed by atoms with van der Waals surface area (Å²) >= 11 is 0. The fourth-order valence-electron chi connectivity index (χ4n) is 1.84. The first kappa shape index (κ1) is 14.0. The fraction of sp³-hybridized carbons (Fsp3) is 0.357. The summed E-state index contributed by atoms with van der Waals surface area (Å²) in [5, 5.41) is 13.2. The number of carboxylic acids is 1. The summed E-state index contributed by atoms with van der Waals surface area (Å²) in [4.78, 5) is 22.6. The third-order valence-electron chi connectivity index (χ3n) is 3.28. The number of carbonyl (C=O) groups is 1. The van der Waals surface area contributed by atoms with Crippen molar-refractivity contribution < 1.29 is 9.90 Å². The van der Waals surface area contributed by atoms with Gasteiger partial charge in [0.05, 0.1) is 17.8 Å². The molecule has 0 aliphatic carbocycles. The first-order valence-corrected chi connectivity index (χ1v) is 6.49. The van der Waals surface area contributed by atoms with E-state index in [0.29, 0.717) is 12.6 Å². The van der Waals surface area contributed by atoms with Gasteiger partial charge in [0.15, 0.2) is 0 Å². The molecule has 1 unspecified atom stereocenters. The zero-order valence-corrected chi connectivity index (χ0v) is 11.5. The van der Waals surface area contributed by atoms with Crippen LogP contribution in [0, 0.1) is 0 Å². The van der Waals surface area contributed by atoms with E-state index in [1.165, 1.54) is 16.8 Å². The van der Waals surface area contributed by atoms with E-state index in [2.05, 4.69) is 18.9 Å². The summed E-state index contributed by atoms with van der Waals surface area (Å²) in [6, 6.07) is 4.71. The molecule has 0 saturated carbocycles. The van der Waals surface area contributed by atoms with E-state index < -0.39 is 5.97 Å². The van der Waals surface area contributed by atoms with Crippen molar-refractivity contribution in [3.63, 3.8) is 0 Å². The second-order valence-electron chi connectivity index (χ2n) is 4.73. The predicted molar refractivity (Wildman–Crippen MR) is 74.0 cm³/mol. The molecule has 6 heteroatoms. The molecule has 1 N–H and O–H groups in total. The van der Waals surface area contributed by atoms with Gasteiger partial charge in [-0.05, 0) is 25.5 Å². The molecule has 0 aliphatic heterocycles. The van der Waals surface area contributed by atoms with Crippen LogP contribution in [-0.4, -0.2) is 25.4 Å². The van der Waals surface area contributed by atoms with Gasteiger partial charge in [0.1, 0.15) is 0 Å². The van der Waals surface area contributed by atoms with Crippen LogP contribution in [0.2, 0.25) is 0 Å². The molecular weight excluding hydrogens is 258 g/mol. The van der Waals surface area contributed by atoms with E-state index in [4.69, 9.17) is 5.11 Å². The summed E-state index contributed by atoms with van der Waals surface area (Å²) in [7, 11) is 0. The van der Waals surface area contributed by atoms with Crippen LogP contribution in [0.4, 0.5) is 0 Å². The Morgan fingerprint density at radius 2 is 2.15 bits per heavy atom. The van der Waals surface area contributed by atoms with Gasteiger partial charge >= 0.3 is 5.97 Å². The van der Waals surface area contributed by atoms with E-state index in [-0.39, 0.29) is 11.1 Å². The molecule has 1 atom stereocenters. The number of carboxylic acid groups (broad SMARTS) is 1. The van der Waals surface area contributed by atoms with E-state index in [1.54, 1.807) is 0 Å². The lowest BCUT2D eigenvalue weighted by molar-refractivity contribution is 0.0696. The maximum absolute atomic E-state index is 11.8. The molecule has 0 amide bonds. The molecule has 0 bridgehead atoms. The summed E-state index contributed by atoms with van der Waals surface area (Å²) in [5.41, 5.74) is 0.426. The van der Waals surface area contributed by atoms with Gasteiger partial charge in [-0.2, -0.15) is 5.10 Å². The monoisotopic (exact) mass is 275 g/mol. The fourth-order valence-corrected chi connectivity index (χ4v) is 1.84. The number of pyridine rings is 1. The normalized spacial score (nSPS) is 12.3. The van der Waals surface area contributed by atoms with Crippen LogP contribution in [0.15, 0.2) is 35.4 Å². The Labute approximate surface area is 116 Å². The topological polar surface area (TPSA) is 77.1 Å². The number of rotatable bonds is 5. The molecule has 0 radical (unpaired) electrons. The molecule has 106 valence electrons. The molecule has 2 rings (SSSR count). The number of nitrogens with zero attached hydrogens (tertiary/aromatic N) is 3. The molecule has 2 aromatic rings. The highest BCUT2D eigenvalue weighted by Gasteiger charge is 2.08. The van der Waals surface area contributed by atoms with Gasteiger partial charge in [0.2, 0.25) is 0 Å². The highest BCUT2D eigenvalue weighted by molar-refractivity contribution is 5.87. The maximum atomic E-state index is 11.8. The Balaban J connectivity index is 2.20. The van der Waals surface area contributed by atoms with E-state index >= 15 is 0 Å². The lowest BCUT2D eigenvalue weighted by atomic mass is 10.2. The Hall–Kier alpha value is -2.37. The molecule has 0 saturated heterocycles. The molecule has 20 heavy (non-hydrogen) atoms. The molecule has 0 aliphatic rings. The van der Waals surface area contributed by atoms with Crippen molar-refractivity contribution in [2.24, 2.45) is 0 Å². The zero-order valence-electron chi connectivity index (χ0n) is 11.5. The largest absolute Gasteiger partial charge is 0.478 e. The Morgan fingerprint density at radius 1 is 1.40 bits per heavy atom. The molecule has 0 aromatic carbocycles. The standard InChI is InChI=1S/C14H17N3O3/c1-3-10(2)17-7-5-12(15-17)9-16-6-4-11(14(19)20)8-13(16)18/h4-8,10H,3,9H2,1-2H3,(H,19,20). The van der Waals surface area contributed by atoms with E-state index in [1.807, 2.05) is 16.9 Å². The van der Waals surface area contributed by atoms with Crippen LogP contribution < -0.4 is 5.56 Å². The third kappa shape index (κ3) is 2.96. The van der Waals surface area contributed by atoms with Gasteiger partial charge in [-0.3, -0.25) is 9.48 Å². The highest BCUT2D eigenvalue weighted by atomic mass is 16.4. The maximum Gasteiger partial charge on any atom is 0.335 e. The van der Waals surface area contributed by atoms with Crippen LogP contribution in [0.25, 0.3) is 0 Å². The van der Waals surface area contributed by atoms with Crippen LogP contribution in [-0.2, 0) is 6.54 Å². The zero-order chi connectivity index (χ0) is 14.7. The molecule has 0 spiro atoms. The van der Waals surface area contributed by atoms with Crippen LogP contribution in [0.5, 0.6) is 0 Å². The molecule has 2 aromatic heterocycles. The Bertz CT molecular complexity index is 672. The van der Waals surface area contributed by atoms with Gasteiger partial charge in [-0.1, -0.05) is 6.92 Å². The minimum Gasteiger partial charge on any atom is -0.478 e. The van der Waals surface area contributed by atoms with Crippen molar-refractivity contribution in [3.05, 3.63) is 52.2 Å². The Morgan fingerprint density at radius 3 is 2.75 bits per heavy atom. The molecule has 2 heterocycles. The second kappa shape index (κ2) is 5.73. The van der Waals surface area contributed by atoms with Gasteiger partial charge in [-0.25, -0.2) is 4.79 Å². The second-order valence-corrected chi connectivity index (χ2v) is 4.73. The van der Waals surface area contributed by atoms with E-state index in [9.17, 15) is 9.59 Å². The smallest absolute Gasteiger partial charge is 0.335 e. The van der Waals surface area contributed by atoms with E-state index in [0.717, 1.165) is 18.2 Å². The van der Waals surface area contributed by atoms with Gasteiger partial charge in [0, 0.05) is 24.5 Å². The van der Waals surface area contributed by atoms with Gasteiger partial charge in [-0.15, -0.1) is 0 Å². The number of hydrogen-bond acceptors (Lipinski definition) is 3. The lowest BCUT2D eigenvalue weighted by Crippen LogP contribution is -2.21. The minimum atomic E-state index is -1.10. The van der Waals surface area contributed by atoms with Crippen molar-refractivity contribution in [2.45, 2.75) is 32.9 Å². The molecule has 0 fully saturated rings. The van der Waals surface area contributed by atoms with Crippen LogP contribution in [0.1, 0.15) is 42.4 Å². The van der Waals surface area contributed by atoms with Crippen molar-refractivity contribution in [1.82, 2.24) is 14.3 Å². The molecular formula is C14H17N3O3. The van der Waals surface area contributed by atoms with Crippen molar-refractivity contribution in [1.29, 1.82) is 0 Å².